The van der Waals surface area contributed by atoms with E-state index in [-0.39, 0.29) is 23.5 Å². The van der Waals surface area contributed by atoms with Gasteiger partial charge in [0.15, 0.2) is 5.76 Å². The zero-order chi connectivity index (χ0) is 13.5. The van der Waals surface area contributed by atoms with Crippen LogP contribution in [0.25, 0.3) is 0 Å². The van der Waals surface area contributed by atoms with Crippen LogP contribution in [0.5, 0.6) is 0 Å². The molecule has 5 nitrogen and oxygen atoms in total. The van der Waals surface area contributed by atoms with Crippen molar-refractivity contribution in [3.05, 3.63) is 36.3 Å². The highest BCUT2D eigenvalue weighted by molar-refractivity contribution is 5.91. The van der Waals surface area contributed by atoms with Crippen molar-refractivity contribution >= 4 is 11.8 Å². The van der Waals surface area contributed by atoms with Gasteiger partial charge in [0.2, 0.25) is 5.91 Å². The van der Waals surface area contributed by atoms with Crippen molar-refractivity contribution in [3.8, 4) is 0 Å². The van der Waals surface area contributed by atoms with E-state index in [2.05, 4.69) is 16.7 Å². The van der Waals surface area contributed by atoms with Gasteiger partial charge in [-0.3, -0.25) is 9.59 Å². The molecule has 1 aromatic heterocycles. The third-order valence-corrected chi connectivity index (χ3v) is 3.09. The van der Waals surface area contributed by atoms with E-state index in [1.807, 2.05) is 6.08 Å². The van der Waals surface area contributed by atoms with E-state index in [1.165, 1.54) is 6.26 Å². The van der Waals surface area contributed by atoms with Gasteiger partial charge in [0.05, 0.1) is 6.26 Å². The van der Waals surface area contributed by atoms with Crippen LogP contribution in [-0.4, -0.2) is 24.9 Å². The molecule has 0 bridgehead atoms. The predicted octanol–water partition coefficient (Wildman–Crippen LogP) is 1.48. The van der Waals surface area contributed by atoms with Gasteiger partial charge in [0.1, 0.15) is 0 Å². The van der Waals surface area contributed by atoms with E-state index in [9.17, 15) is 9.59 Å². The molecule has 1 aliphatic rings. The summed E-state index contributed by atoms with van der Waals surface area (Å²) in [4.78, 5) is 23.3. The van der Waals surface area contributed by atoms with E-state index in [1.54, 1.807) is 12.1 Å². The number of allylic oxidation sites excluding steroid dienone is 2. The molecule has 2 amide bonds. The molecule has 2 N–H and O–H groups in total. The Labute approximate surface area is 112 Å². The normalized spacial score (nSPS) is 18.0. The number of carbonyl (C=O) groups excluding carboxylic acids is 2. The predicted molar refractivity (Wildman–Crippen MR) is 70.5 cm³/mol. The Balaban J connectivity index is 1.62. The fourth-order valence-electron chi connectivity index (χ4n) is 2.03. The van der Waals surface area contributed by atoms with Crippen LogP contribution in [0.4, 0.5) is 0 Å². The Kier molecular flexibility index (Phi) is 4.78. The molecule has 0 aromatic carbocycles. The molecule has 1 atom stereocenters. The first kappa shape index (κ1) is 13.4. The van der Waals surface area contributed by atoms with Gasteiger partial charge >= 0.3 is 0 Å². The molecule has 1 aliphatic carbocycles. The van der Waals surface area contributed by atoms with Crippen molar-refractivity contribution in [2.24, 2.45) is 5.92 Å². The second-order valence-electron chi connectivity index (χ2n) is 4.51. The number of nitrogens with one attached hydrogen (secondary N) is 2. The van der Waals surface area contributed by atoms with Crippen LogP contribution in [0.1, 0.15) is 29.8 Å². The summed E-state index contributed by atoms with van der Waals surface area (Å²) in [7, 11) is 0. The summed E-state index contributed by atoms with van der Waals surface area (Å²) in [5, 5.41) is 5.52. The minimum Gasteiger partial charge on any atom is -0.459 e. The molecule has 5 heteroatoms. The van der Waals surface area contributed by atoms with Crippen molar-refractivity contribution in [2.45, 2.75) is 19.3 Å². The monoisotopic (exact) mass is 262 g/mol. The van der Waals surface area contributed by atoms with Gasteiger partial charge in [-0.15, -0.1) is 0 Å². The average molecular weight is 262 g/mol. The van der Waals surface area contributed by atoms with E-state index in [4.69, 9.17) is 4.42 Å². The van der Waals surface area contributed by atoms with Gasteiger partial charge in [-0.25, -0.2) is 0 Å². The highest BCUT2D eigenvalue weighted by Crippen LogP contribution is 2.17. The maximum atomic E-state index is 11.8. The van der Waals surface area contributed by atoms with Gasteiger partial charge in [0.25, 0.3) is 5.91 Å². The molecular formula is C14H18N2O3. The smallest absolute Gasteiger partial charge is 0.287 e. The first-order valence-electron chi connectivity index (χ1n) is 6.52. The number of furan rings is 1. The summed E-state index contributed by atoms with van der Waals surface area (Å²) in [6.45, 7) is 0.833. The molecule has 102 valence electrons. The molecule has 0 saturated heterocycles. The minimum atomic E-state index is -0.264. The molecule has 19 heavy (non-hydrogen) atoms. The van der Waals surface area contributed by atoms with Crippen LogP contribution >= 0.6 is 0 Å². The van der Waals surface area contributed by atoms with Crippen molar-refractivity contribution in [2.75, 3.05) is 13.1 Å². The Morgan fingerprint density at radius 3 is 2.79 bits per heavy atom. The topological polar surface area (TPSA) is 71.3 Å². The lowest BCUT2D eigenvalue weighted by atomic mass is 9.94. The lowest BCUT2D eigenvalue weighted by molar-refractivity contribution is -0.125. The van der Waals surface area contributed by atoms with Crippen LogP contribution in [0.3, 0.4) is 0 Å². The lowest BCUT2D eigenvalue weighted by Crippen LogP contribution is -2.37. The summed E-state index contributed by atoms with van der Waals surface area (Å²) < 4.78 is 4.96. The Morgan fingerprint density at radius 1 is 1.26 bits per heavy atom. The Morgan fingerprint density at radius 2 is 2.11 bits per heavy atom. The number of rotatable bonds is 5. The van der Waals surface area contributed by atoms with Gasteiger partial charge in [0, 0.05) is 19.0 Å². The maximum Gasteiger partial charge on any atom is 0.287 e. The molecule has 0 aliphatic heterocycles. The maximum absolute atomic E-state index is 11.8. The number of hydrogen-bond acceptors (Lipinski definition) is 3. The highest BCUT2D eigenvalue weighted by Gasteiger charge is 2.17. The van der Waals surface area contributed by atoms with Gasteiger partial charge in [-0.1, -0.05) is 12.2 Å². The van der Waals surface area contributed by atoms with Gasteiger partial charge in [-0.2, -0.15) is 0 Å². The zero-order valence-electron chi connectivity index (χ0n) is 10.7. The fraction of sp³-hybridized carbons (Fsp3) is 0.429. The van der Waals surface area contributed by atoms with Crippen molar-refractivity contribution < 1.29 is 14.0 Å². The molecule has 2 rings (SSSR count). The molecule has 1 aromatic rings. The third-order valence-electron chi connectivity index (χ3n) is 3.09. The van der Waals surface area contributed by atoms with E-state index in [0.29, 0.717) is 13.1 Å². The van der Waals surface area contributed by atoms with Crippen LogP contribution in [-0.2, 0) is 4.79 Å². The summed E-state index contributed by atoms with van der Waals surface area (Å²) in [6, 6.07) is 3.26. The average Bonchev–Trinajstić information content (AvgIpc) is 2.98. The van der Waals surface area contributed by atoms with Crippen LogP contribution in [0, 0.1) is 5.92 Å². The van der Waals surface area contributed by atoms with Crippen LogP contribution in [0.15, 0.2) is 35.0 Å². The van der Waals surface area contributed by atoms with Crippen molar-refractivity contribution in [1.82, 2.24) is 10.6 Å². The van der Waals surface area contributed by atoms with E-state index >= 15 is 0 Å². The Bertz CT molecular complexity index is 451. The summed E-state index contributed by atoms with van der Waals surface area (Å²) in [6.07, 6.45) is 8.28. The van der Waals surface area contributed by atoms with Gasteiger partial charge < -0.3 is 15.1 Å². The molecular weight excluding hydrogens is 244 g/mol. The zero-order valence-corrected chi connectivity index (χ0v) is 10.7. The largest absolute Gasteiger partial charge is 0.459 e. The summed E-state index contributed by atoms with van der Waals surface area (Å²) in [5.74, 6) is 0.158. The first-order chi connectivity index (χ1) is 9.27. The Hall–Kier alpha value is -2.04. The second kappa shape index (κ2) is 6.78. The quantitative estimate of drug-likeness (QED) is 0.623. The standard InChI is InChI=1S/C14H18N2O3/c17-13(11-5-2-1-3-6-11)15-8-9-16-14(18)12-7-4-10-19-12/h1-2,4,7,10-11H,3,5-6,8-9H2,(H,15,17)(H,16,18)/t11-/m1/s1. The SMILES string of the molecule is O=C(NCCNC(=O)[C@@H]1CC=CCC1)c1ccco1. The van der Waals surface area contributed by atoms with Crippen LogP contribution in [0.2, 0.25) is 0 Å². The van der Waals surface area contributed by atoms with Crippen molar-refractivity contribution in [3.63, 3.8) is 0 Å². The number of hydrogen-bond donors (Lipinski definition) is 2. The number of carbonyl (C=O) groups is 2. The van der Waals surface area contributed by atoms with Gasteiger partial charge in [-0.05, 0) is 31.4 Å². The summed E-state index contributed by atoms with van der Waals surface area (Å²) in [5.41, 5.74) is 0. The summed E-state index contributed by atoms with van der Waals surface area (Å²) >= 11 is 0. The molecule has 0 fully saturated rings. The van der Waals surface area contributed by atoms with E-state index in [0.717, 1.165) is 19.3 Å². The molecule has 0 saturated carbocycles. The number of amides is 2. The fourth-order valence-corrected chi connectivity index (χ4v) is 2.03. The lowest BCUT2D eigenvalue weighted by Gasteiger charge is -2.17. The highest BCUT2D eigenvalue weighted by atomic mass is 16.3. The third kappa shape index (κ3) is 3.98. The molecule has 1 heterocycles. The van der Waals surface area contributed by atoms with E-state index < -0.39 is 0 Å². The minimum absolute atomic E-state index is 0.0663. The second-order valence-corrected chi connectivity index (χ2v) is 4.51. The van der Waals surface area contributed by atoms with Crippen LogP contribution < -0.4 is 10.6 Å². The first-order valence-corrected chi connectivity index (χ1v) is 6.52. The van der Waals surface area contributed by atoms with Crippen molar-refractivity contribution in [1.29, 1.82) is 0 Å². The molecule has 0 unspecified atom stereocenters. The molecule has 0 radical (unpaired) electrons. The molecule has 0 spiro atoms.